The predicted octanol–water partition coefficient (Wildman–Crippen LogP) is 2.84. The Morgan fingerprint density at radius 3 is 2.42 bits per heavy atom. The third-order valence-electron chi connectivity index (χ3n) is 3.22. The second-order valence-electron chi connectivity index (χ2n) is 4.28. The van der Waals surface area contributed by atoms with Crippen LogP contribution in [0.15, 0.2) is 36.4 Å². The van der Waals surface area contributed by atoms with Crippen molar-refractivity contribution in [2.45, 2.75) is 13.5 Å². The molecule has 0 spiro atoms. The van der Waals surface area contributed by atoms with Crippen molar-refractivity contribution in [3.05, 3.63) is 58.7 Å². The number of rotatable bonds is 3. The fraction of sp³-hybridized carbons (Fsp3) is 0.125. The molecule has 94 valence electrons. The molecule has 0 radical (unpaired) electrons. The Labute approximate surface area is 111 Å². The summed E-state index contributed by atoms with van der Waals surface area (Å²) in [5.41, 5.74) is 4.48. The molecule has 0 aliphatic rings. The van der Waals surface area contributed by atoms with E-state index in [0.29, 0.717) is 16.7 Å². The lowest BCUT2D eigenvalue weighted by Gasteiger charge is -2.11. The maximum Gasteiger partial charge on any atom is 0.150 e. The van der Waals surface area contributed by atoms with Crippen LogP contribution >= 0.6 is 0 Å². The van der Waals surface area contributed by atoms with Gasteiger partial charge in [-0.1, -0.05) is 24.3 Å². The minimum absolute atomic E-state index is 0.150. The molecule has 2 aromatic carbocycles. The summed E-state index contributed by atoms with van der Waals surface area (Å²) < 4.78 is 0. The summed E-state index contributed by atoms with van der Waals surface area (Å²) in [5.74, 6) is 0. The zero-order chi connectivity index (χ0) is 13.8. The molecule has 3 heteroatoms. The van der Waals surface area contributed by atoms with E-state index in [0.717, 1.165) is 23.0 Å². The van der Waals surface area contributed by atoms with Gasteiger partial charge in [-0.15, -0.1) is 0 Å². The standard InChI is InChI=1S/C16H13NO2/c1-11-15(7-6-14(9-18)16(11)10-19)13-4-2-12(8-17)3-5-13/h2-7,10,18H,9H2,1H3. The summed E-state index contributed by atoms with van der Waals surface area (Å²) in [6.07, 6.45) is 0.772. The molecule has 0 unspecified atom stereocenters. The molecule has 2 rings (SSSR count). The van der Waals surface area contributed by atoms with Crippen LogP contribution in [0.25, 0.3) is 11.1 Å². The Hall–Kier alpha value is -2.44. The number of nitriles is 1. The molecule has 1 N–H and O–H groups in total. The first kappa shape index (κ1) is 13.0. The van der Waals surface area contributed by atoms with Gasteiger partial charge in [0, 0.05) is 5.56 Å². The van der Waals surface area contributed by atoms with E-state index >= 15 is 0 Å². The number of aliphatic hydroxyl groups is 1. The van der Waals surface area contributed by atoms with E-state index in [-0.39, 0.29) is 6.61 Å². The normalized spacial score (nSPS) is 9.95. The highest BCUT2D eigenvalue weighted by Gasteiger charge is 2.10. The first-order valence-electron chi connectivity index (χ1n) is 5.90. The minimum Gasteiger partial charge on any atom is -0.392 e. The Bertz CT molecular complexity index is 652. The van der Waals surface area contributed by atoms with Gasteiger partial charge in [0.05, 0.1) is 18.2 Å². The number of aldehydes is 1. The topological polar surface area (TPSA) is 61.1 Å². The molecule has 19 heavy (non-hydrogen) atoms. The molecule has 0 aromatic heterocycles. The number of benzene rings is 2. The van der Waals surface area contributed by atoms with Gasteiger partial charge in [-0.3, -0.25) is 4.79 Å². The summed E-state index contributed by atoms with van der Waals surface area (Å²) in [5, 5.41) is 18.0. The Balaban J connectivity index is 2.56. The molecule has 3 nitrogen and oxygen atoms in total. The summed E-state index contributed by atoms with van der Waals surface area (Å²) in [6, 6.07) is 12.9. The van der Waals surface area contributed by atoms with Crippen molar-refractivity contribution in [2.75, 3.05) is 0 Å². The summed E-state index contributed by atoms with van der Waals surface area (Å²) in [4.78, 5) is 11.1. The van der Waals surface area contributed by atoms with Crippen molar-refractivity contribution >= 4 is 6.29 Å². The van der Waals surface area contributed by atoms with E-state index in [4.69, 9.17) is 5.26 Å². The van der Waals surface area contributed by atoms with E-state index in [1.165, 1.54) is 0 Å². The van der Waals surface area contributed by atoms with Crippen molar-refractivity contribution in [3.63, 3.8) is 0 Å². The monoisotopic (exact) mass is 251 g/mol. The molecule has 2 aromatic rings. The van der Waals surface area contributed by atoms with Crippen molar-refractivity contribution < 1.29 is 9.90 Å². The van der Waals surface area contributed by atoms with Crippen LogP contribution in [0.5, 0.6) is 0 Å². The zero-order valence-electron chi connectivity index (χ0n) is 10.6. The van der Waals surface area contributed by atoms with Crippen LogP contribution in [-0.4, -0.2) is 11.4 Å². The molecule has 0 aliphatic heterocycles. The van der Waals surface area contributed by atoms with Gasteiger partial charge >= 0.3 is 0 Å². The molecule has 0 saturated heterocycles. The van der Waals surface area contributed by atoms with E-state index in [1.54, 1.807) is 18.2 Å². The van der Waals surface area contributed by atoms with Crippen LogP contribution in [0.2, 0.25) is 0 Å². The Morgan fingerprint density at radius 2 is 1.89 bits per heavy atom. The predicted molar refractivity (Wildman–Crippen MR) is 72.6 cm³/mol. The molecule has 0 amide bonds. The third-order valence-corrected chi connectivity index (χ3v) is 3.22. The lowest BCUT2D eigenvalue weighted by atomic mass is 9.93. The number of nitrogens with zero attached hydrogens (tertiary/aromatic N) is 1. The molecule has 0 heterocycles. The first-order valence-corrected chi connectivity index (χ1v) is 5.90. The van der Waals surface area contributed by atoms with Crippen LogP contribution in [-0.2, 0) is 6.61 Å². The van der Waals surface area contributed by atoms with Crippen molar-refractivity contribution in [1.29, 1.82) is 5.26 Å². The lowest BCUT2D eigenvalue weighted by molar-refractivity contribution is 0.112. The maximum atomic E-state index is 11.1. The molecule has 0 atom stereocenters. The minimum atomic E-state index is -0.150. The smallest absolute Gasteiger partial charge is 0.150 e. The Morgan fingerprint density at radius 1 is 1.21 bits per heavy atom. The van der Waals surface area contributed by atoms with Gasteiger partial charge in [0.15, 0.2) is 6.29 Å². The average molecular weight is 251 g/mol. The summed E-state index contributed by atoms with van der Waals surface area (Å²) in [6.45, 7) is 1.71. The number of hydrogen-bond donors (Lipinski definition) is 1. The SMILES string of the molecule is Cc1c(-c2ccc(C#N)cc2)ccc(CO)c1C=O. The fourth-order valence-electron chi connectivity index (χ4n) is 2.12. The highest BCUT2D eigenvalue weighted by atomic mass is 16.3. The fourth-order valence-corrected chi connectivity index (χ4v) is 2.12. The van der Waals surface area contributed by atoms with Gasteiger partial charge in [-0.25, -0.2) is 0 Å². The number of carbonyl (C=O) groups excluding carboxylic acids is 1. The molecule has 0 fully saturated rings. The summed E-state index contributed by atoms with van der Waals surface area (Å²) >= 11 is 0. The van der Waals surface area contributed by atoms with Crippen molar-refractivity contribution in [1.82, 2.24) is 0 Å². The number of aliphatic hydroxyl groups excluding tert-OH is 1. The largest absolute Gasteiger partial charge is 0.392 e. The van der Waals surface area contributed by atoms with Gasteiger partial charge in [-0.2, -0.15) is 5.26 Å². The van der Waals surface area contributed by atoms with Crippen LogP contribution in [0.3, 0.4) is 0 Å². The zero-order valence-corrected chi connectivity index (χ0v) is 10.6. The highest BCUT2D eigenvalue weighted by Crippen LogP contribution is 2.27. The molecular formula is C16H13NO2. The van der Waals surface area contributed by atoms with Gasteiger partial charge in [0.25, 0.3) is 0 Å². The second kappa shape index (κ2) is 5.47. The van der Waals surface area contributed by atoms with Gasteiger partial charge in [0.1, 0.15) is 0 Å². The first-order chi connectivity index (χ1) is 9.21. The molecule has 0 bridgehead atoms. The molecular weight excluding hydrogens is 238 g/mol. The molecule has 0 aliphatic carbocycles. The number of hydrogen-bond acceptors (Lipinski definition) is 3. The second-order valence-corrected chi connectivity index (χ2v) is 4.28. The third kappa shape index (κ3) is 2.40. The van der Waals surface area contributed by atoms with Crippen LogP contribution in [0.4, 0.5) is 0 Å². The van der Waals surface area contributed by atoms with Gasteiger partial charge in [-0.05, 0) is 41.3 Å². The van der Waals surface area contributed by atoms with Crippen LogP contribution in [0, 0.1) is 18.3 Å². The van der Waals surface area contributed by atoms with Gasteiger partial charge in [0.2, 0.25) is 0 Å². The van der Waals surface area contributed by atoms with E-state index < -0.39 is 0 Å². The maximum absolute atomic E-state index is 11.1. The van der Waals surface area contributed by atoms with E-state index in [1.807, 2.05) is 25.1 Å². The van der Waals surface area contributed by atoms with Crippen LogP contribution in [0.1, 0.15) is 27.0 Å². The van der Waals surface area contributed by atoms with Gasteiger partial charge < -0.3 is 5.11 Å². The van der Waals surface area contributed by atoms with Crippen molar-refractivity contribution in [3.8, 4) is 17.2 Å². The quantitative estimate of drug-likeness (QED) is 0.853. The van der Waals surface area contributed by atoms with E-state index in [9.17, 15) is 9.90 Å². The summed E-state index contributed by atoms with van der Waals surface area (Å²) in [7, 11) is 0. The lowest BCUT2D eigenvalue weighted by Crippen LogP contribution is -1.98. The average Bonchev–Trinajstić information content (AvgIpc) is 2.47. The van der Waals surface area contributed by atoms with Crippen molar-refractivity contribution in [2.24, 2.45) is 0 Å². The van der Waals surface area contributed by atoms with Crippen LogP contribution < -0.4 is 0 Å². The highest BCUT2D eigenvalue weighted by molar-refractivity contribution is 5.84. The Kier molecular flexibility index (Phi) is 3.74. The molecule has 0 saturated carbocycles. The number of carbonyl (C=O) groups is 1. The van der Waals surface area contributed by atoms with E-state index in [2.05, 4.69) is 6.07 Å².